The van der Waals surface area contributed by atoms with Gasteiger partial charge in [0.25, 0.3) is 0 Å². The standard InChI is InChI=1S/C19H25N3O4S/c1-5-13(3)26-18-14(8-7-9-16(18)24-4)11-20-22-19-21-15(12-27-19)10-17(23)25-6-2/h7-9,11-13H,5-6,10H2,1-4H3,(H,21,22). The largest absolute Gasteiger partial charge is 0.493 e. The van der Waals surface area contributed by atoms with Crippen molar-refractivity contribution in [2.24, 2.45) is 5.10 Å². The summed E-state index contributed by atoms with van der Waals surface area (Å²) < 4.78 is 16.3. The summed E-state index contributed by atoms with van der Waals surface area (Å²) >= 11 is 1.37. The molecule has 27 heavy (non-hydrogen) atoms. The molecular formula is C19H25N3O4S. The number of hydrogen-bond donors (Lipinski definition) is 1. The molecule has 146 valence electrons. The number of esters is 1. The maximum atomic E-state index is 11.5. The van der Waals surface area contributed by atoms with Gasteiger partial charge < -0.3 is 14.2 Å². The van der Waals surface area contributed by atoms with Crippen LogP contribution in [-0.4, -0.2) is 37.0 Å². The summed E-state index contributed by atoms with van der Waals surface area (Å²) in [7, 11) is 1.61. The fraction of sp³-hybridized carbons (Fsp3) is 0.421. The number of para-hydroxylation sites is 1. The smallest absolute Gasteiger partial charge is 0.311 e. The van der Waals surface area contributed by atoms with Gasteiger partial charge in [-0.2, -0.15) is 5.10 Å². The van der Waals surface area contributed by atoms with Crippen LogP contribution in [0.3, 0.4) is 0 Å². The van der Waals surface area contributed by atoms with Crippen LogP contribution >= 0.6 is 11.3 Å². The van der Waals surface area contributed by atoms with Crippen LogP contribution < -0.4 is 14.9 Å². The molecule has 1 atom stereocenters. The predicted molar refractivity (Wildman–Crippen MR) is 107 cm³/mol. The molecule has 0 spiro atoms. The zero-order valence-electron chi connectivity index (χ0n) is 16.0. The number of benzene rings is 1. The Morgan fingerprint density at radius 1 is 1.41 bits per heavy atom. The molecule has 1 heterocycles. The highest BCUT2D eigenvalue weighted by molar-refractivity contribution is 7.13. The van der Waals surface area contributed by atoms with E-state index in [1.807, 2.05) is 25.1 Å². The zero-order chi connectivity index (χ0) is 19.6. The van der Waals surface area contributed by atoms with E-state index in [4.69, 9.17) is 14.2 Å². The van der Waals surface area contributed by atoms with Crippen LogP contribution in [0, 0.1) is 0 Å². The van der Waals surface area contributed by atoms with Crippen molar-refractivity contribution < 1.29 is 19.0 Å². The molecule has 8 heteroatoms. The number of aromatic nitrogens is 1. The Hall–Kier alpha value is -2.61. The second-order valence-corrected chi connectivity index (χ2v) is 6.57. The summed E-state index contributed by atoms with van der Waals surface area (Å²) in [4.78, 5) is 15.8. The third kappa shape index (κ3) is 6.25. The first kappa shape index (κ1) is 20.7. The van der Waals surface area contributed by atoms with E-state index in [-0.39, 0.29) is 18.5 Å². The molecule has 7 nitrogen and oxygen atoms in total. The molecule has 0 amide bonds. The highest BCUT2D eigenvalue weighted by Crippen LogP contribution is 2.31. The normalized spacial score (nSPS) is 12.0. The summed E-state index contributed by atoms with van der Waals surface area (Å²) in [6.45, 7) is 6.20. The van der Waals surface area contributed by atoms with E-state index in [0.717, 1.165) is 12.0 Å². The Balaban J connectivity index is 2.06. The quantitative estimate of drug-likeness (QED) is 0.376. The van der Waals surface area contributed by atoms with Crippen molar-refractivity contribution in [2.75, 3.05) is 19.1 Å². The third-order valence-electron chi connectivity index (χ3n) is 3.67. The van der Waals surface area contributed by atoms with Crippen molar-refractivity contribution in [1.29, 1.82) is 0 Å². The molecule has 0 aliphatic carbocycles. The van der Waals surface area contributed by atoms with Gasteiger partial charge in [0, 0.05) is 10.9 Å². The van der Waals surface area contributed by atoms with Crippen molar-refractivity contribution in [3.05, 3.63) is 34.8 Å². The second-order valence-electron chi connectivity index (χ2n) is 5.71. The summed E-state index contributed by atoms with van der Waals surface area (Å²) in [5.74, 6) is 1.02. The summed E-state index contributed by atoms with van der Waals surface area (Å²) in [5, 5.41) is 6.63. The van der Waals surface area contributed by atoms with Gasteiger partial charge in [-0.1, -0.05) is 13.0 Å². The van der Waals surface area contributed by atoms with Crippen molar-refractivity contribution in [3.63, 3.8) is 0 Å². The van der Waals surface area contributed by atoms with Gasteiger partial charge in [-0.3, -0.25) is 10.2 Å². The van der Waals surface area contributed by atoms with E-state index in [2.05, 4.69) is 22.4 Å². The first-order valence-electron chi connectivity index (χ1n) is 8.80. The Morgan fingerprint density at radius 2 is 2.22 bits per heavy atom. The molecule has 0 aliphatic rings. The molecule has 0 radical (unpaired) electrons. The summed E-state index contributed by atoms with van der Waals surface area (Å²) in [5.41, 5.74) is 4.33. The first-order valence-corrected chi connectivity index (χ1v) is 9.68. The summed E-state index contributed by atoms with van der Waals surface area (Å²) in [6.07, 6.45) is 2.76. The van der Waals surface area contributed by atoms with E-state index < -0.39 is 0 Å². The molecule has 0 saturated carbocycles. The number of ether oxygens (including phenoxy) is 3. The molecule has 0 bridgehead atoms. The Morgan fingerprint density at radius 3 is 2.93 bits per heavy atom. The summed E-state index contributed by atoms with van der Waals surface area (Å²) in [6, 6.07) is 5.63. The van der Waals surface area contributed by atoms with Crippen LogP contribution in [0.4, 0.5) is 5.13 Å². The van der Waals surface area contributed by atoms with Crippen molar-refractivity contribution in [2.45, 2.75) is 39.7 Å². The van der Waals surface area contributed by atoms with E-state index >= 15 is 0 Å². The molecule has 2 rings (SSSR count). The van der Waals surface area contributed by atoms with E-state index in [0.29, 0.717) is 28.9 Å². The van der Waals surface area contributed by atoms with Gasteiger partial charge in [0.05, 0.1) is 38.1 Å². The van der Waals surface area contributed by atoms with Gasteiger partial charge in [-0.05, 0) is 32.4 Å². The van der Waals surface area contributed by atoms with Crippen LogP contribution in [0.1, 0.15) is 38.4 Å². The number of nitrogens with zero attached hydrogens (tertiary/aromatic N) is 2. The average Bonchev–Trinajstić information content (AvgIpc) is 3.10. The maximum absolute atomic E-state index is 11.5. The van der Waals surface area contributed by atoms with Crippen LogP contribution in [0.15, 0.2) is 28.7 Å². The third-order valence-corrected chi connectivity index (χ3v) is 4.47. The lowest BCUT2D eigenvalue weighted by Gasteiger charge is -2.17. The number of anilines is 1. The molecule has 1 aromatic carbocycles. The molecule has 2 aromatic rings. The molecule has 0 saturated heterocycles. The first-order chi connectivity index (χ1) is 13.1. The van der Waals surface area contributed by atoms with Crippen molar-refractivity contribution >= 4 is 28.7 Å². The zero-order valence-corrected chi connectivity index (χ0v) is 16.8. The number of methoxy groups -OCH3 is 1. The molecule has 1 unspecified atom stereocenters. The number of nitrogens with one attached hydrogen (secondary N) is 1. The van der Waals surface area contributed by atoms with Gasteiger partial charge in [0.15, 0.2) is 11.5 Å². The average molecular weight is 391 g/mol. The fourth-order valence-electron chi connectivity index (χ4n) is 2.16. The van der Waals surface area contributed by atoms with Crippen LogP contribution in [0.5, 0.6) is 11.5 Å². The molecule has 0 fully saturated rings. The minimum absolute atomic E-state index is 0.0609. The van der Waals surface area contributed by atoms with E-state index in [1.165, 1.54) is 11.3 Å². The Labute approximate surface area is 163 Å². The van der Waals surface area contributed by atoms with Crippen LogP contribution in [0.2, 0.25) is 0 Å². The number of rotatable bonds is 10. The fourth-order valence-corrected chi connectivity index (χ4v) is 2.82. The SMILES string of the molecule is CCOC(=O)Cc1csc(NN=Cc2cccc(OC)c2OC(C)CC)n1. The number of thiazole rings is 1. The van der Waals surface area contributed by atoms with Crippen molar-refractivity contribution in [1.82, 2.24) is 4.98 Å². The number of carbonyl (C=O) groups excluding carboxylic acids is 1. The monoisotopic (exact) mass is 391 g/mol. The van der Waals surface area contributed by atoms with Gasteiger partial charge in [-0.15, -0.1) is 11.3 Å². The molecular weight excluding hydrogens is 366 g/mol. The lowest BCUT2D eigenvalue weighted by atomic mass is 10.2. The lowest BCUT2D eigenvalue weighted by Crippen LogP contribution is -2.12. The second kappa shape index (κ2) is 10.5. The number of hydrogen-bond acceptors (Lipinski definition) is 8. The molecule has 1 aromatic heterocycles. The van der Waals surface area contributed by atoms with Crippen molar-refractivity contribution in [3.8, 4) is 11.5 Å². The van der Waals surface area contributed by atoms with Gasteiger partial charge in [0.1, 0.15) is 0 Å². The van der Waals surface area contributed by atoms with Crippen LogP contribution in [-0.2, 0) is 16.0 Å². The molecule has 1 N–H and O–H groups in total. The Kier molecular flexibility index (Phi) is 8.06. The highest BCUT2D eigenvalue weighted by Gasteiger charge is 2.12. The molecule has 0 aliphatic heterocycles. The van der Waals surface area contributed by atoms with Gasteiger partial charge in [0.2, 0.25) is 5.13 Å². The van der Waals surface area contributed by atoms with Gasteiger partial charge in [-0.25, -0.2) is 4.98 Å². The minimum Gasteiger partial charge on any atom is -0.493 e. The Bertz CT molecular complexity index is 776. The van der Waals surface area contributed by atoms with Gasteiger partial charge >= 0.3 is 5.97 Å². The number of hydrazone groups is 1. The van der Waals surface area contributed by atoms with E-state index in [1.54, 1.807) is 25.6 Å². The van der Waals surface area contributed by atoms with E-state index in [9.17, 15) is 4.79 Å². The highest BCUT2D eigenvalue weighted by atomic mass is 32.1. The van der Waals surface area contributed by atoms with Crippen LogP contribution in [0.25, 0.3) is 0 Å². The minimum atomic E-state index is -0.291. The predicted octanol–water partition coefficient (Wildman–Crippen LogP) is 3.88. The maximum Gasteiger partial charge on any atom is 0.311 e. The lowest BCUT2D eigenvalue weighted by molar-refractivity contribution is -0.142. The number of carbonyl (C=O) groups is 1. The topological polar surface area (TPSA) is 82.0 Å².